The number of aromatic nitrogens is 1. The van der Waals surface area contributed by atoms with E-state index in [9.17, 15) is 13.2 Å². The second-order valence-electron chi connectivity index (χ2n) is 6.16. The molecule has 6 nitrogen and oxygen atoms in total. The van der Waals surface area contributed by atoms with Crippen molar-refractivity contribution in [3.8, 4) is 0 Å². The Bertz CT molecular complexity index is 1050. The Morgan fingerprint density at radius 3 is 2.36 bits per heavy atom. The van der Waals surface area contributed by atoms with Crippen LogP contribution in [-0.2, 0) is 10.0 Å². The molecule has 1 atom stereocenters. The van der Waals surface area contributed by atoms with Crippen molar-refractivity contribution in [3.05, 3.63) is 90.1 Å². The summed E-state index contributed by atoms with van der Waals surface area (Å²) in [6, 6.07) is 20.6. The smallest absolute Gasteiger partial charge is 0.279 e. The van der Waals surface area contributed by atoms with Crippen molar-refractivity contribution >= 4 is 21.6 Å². The van der Waals surface area contributed by atoms with E-state index in [4.69, 9.17) is 0 Å². The quantitative estimate of drug-likeness (QED) is 0.630. The maximum atomic E-state index is 12.9. The third kappa shape index (κ3) is 4.55. The van der Waals surface area contributed by atoms with E-state index in [0.717, 1.165) is 5.56 Å². The molecule has 0 saturated heterocycles. The molecule has 3 aromatic rings. The van der Waals surface area contributed by atoms with E-state index in [1.165, 1.54) is 12.3 Å². The summed E-state index contributed by atoms with van der Waals surface area (Å²) >= 11 is 0. The fraction of sp³-hybridized carbons (Fsp3) is 0.143. The molecular weight excluding hydrogens is 374 g/mol. The molecule has 2 N–H and O–H groups in total. The number of nitrogens with one attached hydrogen (secondary N) is 2. The number of benzene rings is 2. The first-order valence-corrected chi connectivity index (χ1v) is 10.4. The number of amides is 1. The third-order valence-corrected chi connectivity index (χ3v) is 5.53. The molecule has 7 heteroatoms. The molecule has 1 aromatic heterocycles. The number of nitrogens with zero attached hydrogens (tertiary/aromatic N) is 1. The van der Waals surface area contributed by atoms with Gasteiger partial charge in [-0.1, -0.05) is 55.5 Å². The minimum atomic E-state index is -3.90. The molecule has 0 aliphatic carbocycles. The van der Waals surface area contributed by atoms with Gasteiger partial charge >= 0.3 is 0 Å². The minimum absolute atomic E-state index is 0. The molecular formula is C21H23N3O3S. The number of hydrogen-bond donors (Lipinski definition) is 2. The zero-order valence-electron chi connectivity index (χ0n) is 15.4. The number of rotatable bonds is 7. The lowest BCUT2D eigenvalue weighted by atomic mass is 10.0. The lowest BCUT2D eigenvalue weighted by molar-refractivity contribution is 0.0936. The van der Waals surface area contributed by atoms with Gasteiger partial charge in [0.25, 0.3) is 15.9 Å². The van der Waals surface area contributed by atoms with Crippen LogP contribution in [0.5, 0.6) is 0 Å². The van der Waals surface area contributed by atoms with Gasteiger partial charge in [-0.05, 0) is 36.2 Å². The highest BCUT2D eigenvalue weighted by atomic mass is 32.2. The number of para-hydroxylation sites is 1. The Kier molecular flexibility index (Phi) is 6.06. The highest BCUT2D eigenvalue weighted by molar-refractivity contribution is 7.92. The Morgan fingerprint density at radius 2 is 1.68 bits per heavy atom. The third-order valence-electron chi connectivity index (χ3n) is 4.24. The number of sulfonamides is 1. The van der Waals surface area contributed by atoms with Gasteiger partial charge < -0.3 is 5.32 Å². The molecule has 0 spiro atoms. The van der Waals surface area contributed by atoms with Gasteiger partial charge in [0.2, 0.25) is 0 Å². The summed E-state index contributed by atoms with van der Waals surface area (Å²) in [7, 11) is -3.90. The van der Waals surface area contributed by atoms with Gasteiger partial charge in [-0.2, -0.15) is 8.42 Å². The lowest BCUT2D eigenvalue weighted by Gasteiger charge is -2.19. The zero-order valence-corrected chi connectivity index (χ0v) is 16.2. The zero-order chi connectivity index (χ0) is 20.0. The number of hydrogen-bond acceptors (Lipinski definition) is 4. The van der Waals surface area contributed by atoms with E-state index in [1.807, 2.05) is 37.3 Å². The molecule has 0 fully saturated rings. The summed E-state index contributed by atoms with van der Waals surface area (Å²) in [6.45, 7) is 1.98. The fourth-order valence-electron chi connectivity index (χ4n) is 2.82. The van der Waals surface area contributed by atoms with Crippen molar-refractivity contribution in [1.82, 2.24) is 10.3 Å². The number of carbonyl (C=O) groups is 1. The summed E-state index contributed by atoms with van der Waals surface area (Å²) < 4.78 is 27.6. The van der Waals surface area contributed by atoms with Crippen LogP contribution >= 0.6 is 0 Å². The minimum Gasteiger partial charge on any atom is -0.345 e. The maximum Gasteiger partial charge on any atom is 0.279 e. The molecule has 1 heterocycles. The summed E-state index contributed by atoms with van der Waals surface area (Å²) in [4.78, 5) is 16.7. The number of anilines is 1. The van der Waals surface area contributed by atoms with Crippen LogP contribution in [0, 0.1) is 0 Å². The van der Waals surface area contributed by atoms with Crippen LogP contribution in [0.25, 0.3) is 0 Å². The highest BCUT2D eigenvalue weighted by Gasteiger charge is 2.21. The van der Waals surface area contributed by atoms with E-state index >= 15 is 0 Å². The van der Waals surface area contributed by atoms with Crippen molar-refractivity contribution < 1.29 is 14.6 Å². The molecule has 146 valence electrons. The second-order valence-corrected chi connectivity index (χ2v) is 7.79. The molecule has 0 aliphatic rings. The van der Waals surface area contributed by atoms with Crippen LogP contribution in [0.4, 0.5) is 5.69 Å². The molecule has 1 amide bonds. The topological polar surface area (TPSA) is 88.2 Å². The lowest BCUT2D eigenvalue weighted by Crippen LogP contribution is -2.29. The standard InChI is InChI=1S/C21H21N3O3S.H2/c1-2-18(16-10-4-3-5-11-16)23-21(25)17-12-6-7-13-19(17)24-28(26,27)20-14-8-9-15-22-20;/h3-15,18,24H,2H2,1H3,(H,23,25);1H/t18-;/m0./s1. The van der Waals surface area contributed by atoms with Gasteiger partial charge in [0.15, 0.2) is 5.03 Å². The van der Waals surface area contributed by atoms with Gasteiger partial charge in [-0.3, -0.25) is 9.52 Å². The van der Waals surface area contributed by atoms with Gasteiger partial charge in [0.05, 0.1) is 17.3 Å². The SMILES string of the molecule is CC[C@H](NC(=O)c1ccccc1NS(=O)(=O)c1ccccn1)c1ccccc1.[HH]. The first kappa shape index (κ1) is 19.6. The molecule has 0 saturated carbocycles. The number of pyridine rings is 1. The van der Waals surface area contributed by atoms with Gasteiger partial charge in [0.1, 0.15) is 0 Å². The predicted molar refractivity (Wildman–Crippen MR) is 111 cm³/mol. The fourth-order valence-corrected chi connectivity index (χ4v) is 3.85. The average Bonchev–Trinajstić information content (AvgIpc) is 2.73. The molecule has 0 radical (unpaired) electrons. The molecule has 3 rings (SSSR count). The van der Waals surface area contributed by atoms with E-state index in [2.05, 4.69) is 15.0 Å². The van der Waals surface area contributed by atoms with Crippen molar-refractivity contribution in [2.45, 2.75) is 24.4 Å². The van der Waals surface area contributed by atoms with Gasteiger partial charge in [-0.15, -0.1) is 0 Å². The Balaban J connectivity index is 0.00000300. The Hall–Kier alpha value is -3.19. The van der Waals surface area contributed by atoms with Crippen molar-refractivity contribution in [2.24, 2.45) is 0 Å². The van der Waals surface area contributed by atoms with Crippen LogP contribution in [-0.4, -0.2) is 19.3 Å². The Labute approximate surface area is 166 Å². The number of carbonyl (C=O) groups excluding carboxylic acids is 1. The van der Waals surface area contributed by atoms with Crippen LogP contribution in [0.1, 0.15) is 36.7 Å². The van der Waals surface area contributed by atoms with Gasteiger partial charge in [-0.25, -0.2) is 4.98 Å². The second kappa shape index (κ2) is 8.67. The van der Waals surface area contributed by atoms with E-state index in [0.29, 0.717) is 6.42 Å². The first-order valence-electron chi connectivity index (χ1n) is 8.90. The van der Waals surface area contributed by atoms with Crippen molar-refractivity contribution in [2.75, 3.05) is 4.72 Å². The van der Waals surface area contributed by atoms with Crippen LogP contribution < -0.4 is 10.0 Å². The van der Waals surface area contributed by atoms with E-state index in [-0.39, 0.29) is 29.7 Å². The van der Waals surface area contributed by atoms with E-state index in [1.54, 1.807) is 36.4 Å². The average molecular weight is 398 g/mol. The largest absolute Gasteiger partial charge is 0.345 e. The Morgan fingerprint density at radius 1 is 1.00 bits per heavy atom. The first-order chi connectivity index (χ1) is 13.5. The predicted octanol–water partition coefficient (Wildman–Crippen LogP) is 4.01. The van der Waals surface area contributed by atoms with E-state index < -0.39 is 10.0 Å². The van der Waals surface area contributed by atoms with Crippen LogP contribution in [0.3, 0.4) is 0 Å². The maximum absolute atomic E-state index is 12.9. The molecule has 28 heavy (non-hydrogen) atoms. The van der Waals surface area contributed by atoms with Crippen molar-refractivity contribution in [3.63, 3.8) is 0 Å². The highest BCUT2D eigenvalue weighted by Crippen LogP contribution is 2.22. The summed E-state index contributed by atoms with van der Waals surface area (Å²) in [5.74, 6) is -0.352. The molecule has 0 unspecified atom stereocenters. The van der Waals surface area contributed by atoms with Crippen LogP contribution in [0.15, 0.2) is 84.0 Å². The summed E-state index contributed by atoms with van der Waals surface area (Å²) in [5, 5.41) is 2.87. The van der Waals surface area contributed by atoms with Crippen molar-refractivity contribution in [1.29, 1.82) is 0 Å². The molecule has 2 aromatic carbocycles. The summed E-state index contributed by atoms with van der Waals surface area (Å²) in [5.41, 5.74) is 1.44. The van der Waals surface area contributed by atoms with Crippen LogP contribution in [0.2, 0.25) is 0 Å². The van der Waals surface area contributed by atoms with Gasteiger partial charge in [0, 0.05) is 7.62 Å². The monoisotopic (exact) mass is 397 g/mol. The normalized spacial score (nSPS) is 12.2. The summed E-state index contributed by atoms with van der Waals surface area (Å²) in [6.07, 6.45) is 2.11. The molecule has 0 aliphatic heterocycles. The molecule has 0 bridgehead atoms.